The first kappa shape index (κ1) is 17.1. The summed E-state index contributed by atoms with van der Waals surface area (Å²) in [4.78, 5) is 24.7. The number of anilines is 1. The average molecular weight is 353 g/mol. The summed E-state index contributed by atoms with van der Waals surface area (Å²) in [7, 11) is 0. The number of fused-ring (bicyclic) bond motifs is 1. The van der Waals surface area contributed by atoms with Crippen LogP contribution in [0.25, 0.3) is 10.1 Å². The van der Waals surface area contributed by atoms with Crippen molar-refractivity contribution >= 4 is 39.1 Å². The third-order valence-corrected chi connectivity index (χ3v) is 4.70. The lowest BCUT2D eigenvalue weighted by molar-refractivity contribution is 0.0952. The minimum atomic E-state index is -0.272. The zero-order chi connectivity index (χ0) is 17.8. The number of nitrogens with one attached hydrogen (secondary N) is 2. The van der Waals surface area contributed by atoms with E-state index in [1.165, 1.54) is 11.5 Å². The minimum absolute atomic E-state index is 0.142. The second-order valence-corrected chi connectivity index (χ2v) is 6.57. The molecule has 0 aliphatic carbocycles. The SMILES string of the molecule is CCCNC(=O)c1ccc(C)c(NC(=O)c2nsc3ccccc23)c1. The Kier molecular flexibility index (Phi) is 5.09. The summed E-state index contributed by atoms with van der Waals surface area (Å²) >= 11 is 1.30. The number of aryl methyl sites for hydroxylation is 1. The second kappa shape index (κ2) is 7.44. The largest absolute Gasteiger partial charge is 0.352 e. The van der Waals surface area contributed by atoms with Crippen LogP contribution in [0.15, 0.2) is 42.5 Å². The van der Waals surface area contributed by atoms with Crippen molar-refractivity contribution in [2.24, 2.45) is 0 Å². The van der Waals surface area contributed by atoms with Gasteiger partial charge in [-0.1, -0.05) is 31.2 Å². The first-order valence-electron chi connectivity index (χ1n) is 8.14. The number of rotatable bonds is 5. The van der Waals surface area contributed by atoms with Gasteiger partial charge in [0, 0.05) is 23.2 Å². The summed E-state index contributed by atoms with van der Waals surface area (Å²) in [5.41, 5.74) is 2.43. The van der Waals surface area contributed by atoms with Crippen LogP contribution in [0, 0.1) is 6.92 Å². The van der Waals surface area contributed by atoms with Gasteiger partial charge in [0.2, 0.25) is 0 Å². The van der Waals surface area contributed by atoms with E-state index in [2.05, 4.69) is 15.0 Å². The standard InChI is InChI=1S/C19H19N3O2S/c1-3-10-20-18(23)13-9-8-12(2)15(11-13)21-19(24)17-14-6-4-5-7-16(14)25-22-17/h4-9,11H,3,10H2,1-2H3,(H,20,23)(H,21,24). The van der Waals surface area contributed by atoms with Crippen LogP contribution in [-0.4, -0.2) is 22.7 Å². The van der Waals surface area contributed by atoms with Crippen molar-refractivity contribution in [2.75, 3.05) is 11.9 Å². The summed E-state index contributed by atoms with van der Waals surface area (Å²) in [5, 5.41) is 6.55. The van der Waals surface area contributed by atoms with Crippen molar-refractivity contribution in [3.63, 3.8) is 0 Å². The number of hydrogen-bond donors (Lipinski definition) is 2. The lowest BCUT2D eigenvalue weighted by Gasteiger charge is -2.10. The molecule has 0 atom stereocenters. The maximum atomic E-state index is 12.6. The number of benzene rings is 2. The van der Waals surface area contributed by atoms with Crippen LogP contribution in [0.1, 0.15) is 39.8 Å². The number of aromatic nitrogens is 1. The molecule has 0 radical (unpaired) electrons. The van der Waals surface area contributed by atoms with Crippen LogP contribution in [0.3, 0.4) is 0 Å². The molecule has 0 saturated carbocycles. The highest BCUT2D eigenvalue weighted by Gasteiger charge is 2.16. The zero-order valence-electron chi connectivity index (χ0n) is 14.1. The van der Waals surface area contributed by atoms with Gasteiger partial charge in [-0.25, -0.2) is 0 Å². The highest BCUT2D eigenvalue weighted by atomic mass is 32.1. The predicted molar refractivity (Wildman–Crippen MR) is 101 cm³/mol. The monoisotopic (exact) mass is 353 g/mol. The van der Waals surface area contributed by atoms with Gasteiger partial charge in [-0.3, -0.25) is 9.59 Å². The molecule has 128 valence electrons. The molecule has 3 rings (SSSR count). The van der Waals surface area contributed by atoms with Crippen molar-refractivity contribution in [1.82, 2.24) is 9.69 Å². The van der Waals surface area contributed by atoms with Gasteiger partial charge < -0.3 is 10.6 Å². The van der Waals surface area contributed by atoms with Gasteiger partial charge in [-0.05, 0) is 48.6 Å². The molecule has 6 heteroatoms. The molecule has 0 spiro atoms. The summed E-state index contributed by atoms with van der Waals surface area (Å²) < 4.78 is 5.24. The van der Waals surface area contributed by atoms with Gasteiger partial charge >= 0.3 is 0 Å². The average Bonchev–Trinajstić information content (AvgIpc) is 3.05. The molecule has 0 aliphatic rings. The summed E-state index contributed by atoms with van der Waals surface area (Å²) in [6.07, 6.45) is 0.873. The summed E-state index contributed by atoms with van der Waals surface area (Å²) in [6, 6.07) is 12.9. The number of carbonyl (C=O) groups is 2. The smallest absolute Gasteiger partial charge is 0.276 e. The topological polar surface area (TPSA) is 71.1 Å². The Morgan fingerprint density at radius 1 is 1.12 bits per heavy atom. The number of hydrogen-bond acceptors (Lipinski definition) is 4. The maximum absolute atomic E-state index is 12.6. The molecule has 25 heavy (non-hydrogen) atoms. The Morgan fingerprint density at radius 3 is 2.72 bits per heavy atom. The third-order valence-electron chi connectivity index (χ3n) is 3.88. The van der Waals surface area contributed by atoms with Crippen LogP contribution in [-0.2, 0) is 0 Å². The fourth-order valence-corrected chi connectivity index (χ4v) is 3.24. The Hall–Kier alpha value is -2.73. The molecule has 0 unspecified atom stereocenters. The molecule has 2 aromatic carbocycles. The molecule has 0 bridgehead atoms. The fraction of sp³-hybridized carbons (Fsp3) is 0.211. The van der Waals surface area contributed by atoms with E-state index in [9.17, 15) is 9.59 Å². The van der Waals surface area contributed by atoms with E-state index in [1.54, 1.807) is 12.1 Å². The fourth-order valence-electron chi connectivity index (χ4n) is 2.47. The molecule has 2 N–H and O–H groups in total. The number of nitrogens with zero attached hydrogens (tertiary/aromatic N) is 1. The van der Waals surface area contributed by atoms with Crippen molar-refractivity contribution in [2.45, 2.75) is 20.3 Å². The van der Waals surface area contributed by atoms with E-state index in [0.29, 0.717) is 23.5 Å². The van der Waals surface area contributed by atoms with Gasteiger partial charge in [-0.15, -0.1) is 0 Å². The second-order valence-electron chi connectivity index (χ2n) is 5.77. The van der Waals surface area contributed by atoms with Crippen LogP contribution in [0.4, 0.5) is 5.69 Å². The summed E-state index contributed by atoms with van der Waals surface area (Å²) in [5.74, 6) is -0.414. The molecule has 5 nitrogen and oxygen atoms in total. The van der Waals surface area contributed by atoms with Crippen LogP contribution >= 0.6 is 11.5 Å². The van der Waals surface area contributed by atoms with Crippen molar-refractivity contribution in [1.29, 1.82) is 0 Å². The van der Waals surface area contributed by atoms with Gasteiger partial charge in [0.05, 0.1) is 4.70 Å². The number of carbonyl (C=O) groups excluding carboxylic acids is 2. The lowest BCUT2D eigenvalue weighted by atomic mass is 10.1. The molecule has 0 fully saturated rings. The third kappa shape index (κ3) is 3.69. The predicted octanol–water partition coefficient (Wildman–Crippen LogP) is 4.00. The van der Waals surface area contributed by atoms with Gasteiger partial charge in [0.1, 0.15) is 5.69 Å². The molecule has 3 aromatic rings. The summed E-state index contributed by atoms with van der Waals surface area (Å²) in [6.45, 7) is 4.51. The highest BCUT2D eigenvalue weighted by molar-refractivity contribution is 7.13. The molecule has 1 aromatic heterocycles. The lowest BCUT2D eigenvalue weighted by Crippen LogP contribution is -2.24. The molecule has 1 heterocycles. The van der Waals surface area contributed by atoms with Crippen LogP contribution < -0.4 is 10.6 Å². The first-order chi connectivity index (χ1) is 12.1. The van der Waals surface area contributed by atoms with Crippen molar-refractivity contribution in [3.8, 4) is 0 Å². The Labute approximate surface area is 150 Å². The van der Waals surface area contributed by atoms with E-state index in [0.717, 1.165) is 22.1 Å². The van der Waals surface area contributed by atoms with E-state index >= 15 is 0 Å². The van der Waals surface area contributed by atoms with Crippen LogP contribution in [0.5, 0.6) is 0 Å². The molecule has 0 aliphatic heterocycles. The van der Waals surface area contributed by atoms with Crippen molar-refractivity contribution in [3.05, 3.63) is 59.3 Å². The highest BCUT2D eigenvalue weighted by Crippen LogP contribution is 2.24. The number of amides is 2. The molecular weight excluding hydrogens is 334 g/mol. The van der Waals surface area contributed by atoms with E-state index in [1.807, 2.05) is 44.2 Å². The van der Waals surface area contributed by atoms with E-state index < -0.39 is 0 Å². The Bertz CT molecular complexity index is 933. The molecule has 2 amide bonds. The minimum Gasteiger partial charge on any atom is -0.352 e. The molecule has 0 saturated heterocycles. The van der Waals surface area contributed by atoms with E-state index in [-0.39, 0.29) is 11.8 Å². The zero-order valence-corrected chi connectivity index (χ0v) is 14.9. The van der Waals surface area contributed by atoms with E-state index in [4.69, 9.17) is 0 Å². The van der Waals surface area contributed by atoms with Gasteiger partial charge in [-0.2, -0.15) is 4.37 Å². The van der Waals surface area contributed by atoms with Crippen LogP contribution in [0.2, 0.25) is 0 Å². The van der Waals surface area contributed by atoms with Crippen molar-refractivity contribution < 1.29 is 9.59 Å². The maximum Gasteiger partial charge on any atom is 0.276 e. The molecular formula is C19H19N3O2S. The Balaban J connectivity index is 1.84. The quantitative estimate of drug-likeness (QED) is 0.728. The van der Waals surface area contributed by atoms with Gasteiger partial charge in [0.15, 0.2) is 0 Å². The normalized spacial score (nSPS) is 10.6. The Morgan fingerprint density at radius 2 is 1.92 bits per heavy atom. The first-order valence-corrected chi connectivity index (χ1v) is 8.92. The van der Waals surface area contributed by atoms with Gasteiger partial charge in [0.25, 0.3) is 11.8 Å².